The molecule has 2 rings (SSSR count). The number of ether oxygens (including phenoxy) is 1. The molecule has 18 heavy (non-hydrogen) atoms. The lowest BCUT2D eigenvalue weighted by Crippen LogP contribution is -2.47. The molecular weight excluding hydrogens is 250 g/mol. The topological polar surface area (TPSA) is 38.3 Å². The Balaban J connectivity index is 1.81. The number of alkyl halides is 1. The molecule has 1 aromatic rings. The van der Waals surface area contributed by atoms with Gasteiger partial charge in [0.05, 0.1) is 6.10 Å². The normalized spacial score (nSPS) is 22.3. The first-order valence-corrected chi connectivity index (χ1v) is 6.83. The Kier molecular flexibility index (Phi) is 4.61. The number of amides is 1. The minimum atomic E-state index is -0.0175. The number of carbonyl (C=O) groups is 1. The van der Waals surface area contributed by atoms with Crippen LogP contribution in [0.15, 0.2) is 24.3 Å². The number of hydrogen-bond acceptors (Lipinski definition) is 2. The number of halogens is 1. The van der Waals surface area contributed by atoms with Crippen LogP contribution in [0.1, 0.15) is 35.7 Å². The Hall–Kier alpha value is -1.06. The fraction of sp³-hybridized carbons (Fsp3) is 0.500. The van der Waals surface area contributed by atoms with E-state index in [-0.39, 0.29) is 11.9 Å². The molecule has 1 amide bonds. The predicted octanol–water partition coefficient (Wildman–Crippen LogP) is 2.72. The largest absolute Gasteiger partial charge is 0.378 e. The average molecular weight is 268 g/mol. The van der Waals surface area contributed by atoms with Gasteiger partial charge in [0.15, 0.2) is 0 Å². The molecule has 1 saturated carbocycles. The molecule has 4 heteroatoms. The van der Waals surface area contributed by atoms with Crippen molar-refractivity contribution in [1.29, 1.82) is 0 Å². The van der Waals surface area contributed by atoms with Crippen molar-refractivity contribution in [3.05, 3.63) is 35.4 Å². The molecule has 1 aliphatic rings. The quantitative estimate of drug-likeness (QED) is 0.833. The molecule has 0 spiro atoms. The first kappa shape index (κ1) is 13.4. The van der Waals surface area contributed by atoms with Crippen molar-refractivity contribution in [2.45, 2.75) is 37.8 Å². The molecule has 1 aliphatic carbocycles. The summed E-state index contributed by atoms with van der Waals surface area (Å²) in [7, 11) is 0. The maximum Gasteiger partial charge on any atom is 0.251 e. The lowest BCUT2D eigenvalue weighted by atomic mass is 9.89. The third kappa shape index (κ3) is 3.24. The highest BCUT2D eigenvalue weighted by Gasteiger charge is 2.30. The van der Waals surface area contributed by atoms with Crippen LogP contribution in [0.25, 0.3) is 0 Å². The van der Waals surface area contributed by atoms with E-state index in [4.69, 9.17) is 16.3 Å². The van der Waals surface area contributed by atoms with Crippen LogP contribution >= 0.6 is 11.6 Å². The number of benzene rings is 1. The van der Waals surface area contributed by atoms with E-state index in [0.29, 0.717) is 17.5 Å². The molecule has 0 radical (unpaired) electrons. The standard InChI is InChI=1S/C14H18ClNO2/c1-2-18-13-7-12(8-13)16-14(17)11-5-3-10(9-15)4-6-11/h3-6,12-13H,2,7-9H2,1H3,(H,16,17). The molecule has 0 bridgehead atoms. The van der Waals surface area contributed by atoms with Crippen molar-refractivity contribution in [3.63, 3.8) is 0 Å². The molecule has 1 aromatic carbocycles. The Morgan fingerprint density at radius 1 is 1.39 bits per heavy atom. The molecule has 0 aliphatic heterocycles. The summed E-state index contributed by atoms with van der Waals surface area (Å²) in [5.41, 5.74) is 1.71. The first-order chi connectivity index (χ1) is 8.72. The monoisotopic (exact) mass is 267 g/mol. The molecular formula is C14H18ClNO2. The average Bonchev–Trinajstić information content (AvgIpc) is 2.36. The molecule has 0 saturated heterocycles. The summed E-state index contributed by atoms with van der Waals surface area (Å²) >= 11 is 5.71. The van der Waals surface area contributed by atoms with E-state index in [9.17, 15) is 4.79 Å². The van der Waals surface area contributed by atoms with Gasteiger partial charge in [-0.05, 0) is 37.5 Å². The van der Waals surface area contributed by atoms with Crippen molar-refractivity contribution in [2.24, 2.45) is 0 Å². The summed E-state index contributed by atoms with van der Waals surface area (Å²) in [5.74, 6) is 0.455. The highest BCUT2D eigenvalue weighted by molar-refractivity contribution is 6.17. The summed E-state index contributed by atoms with van der Waals surface area (Å²) in [6.07, 6.45) is 2.15. The van der Waals surface area contributed by atoms with Gasteiger partial charge in [0, 0.05) is 24.1 Å². The van der Waals surface area contributed by atoms with E-state index in [2.05, 4.69) is 5.32 Å². The van der Waals surface area contributed by atoms with E-state index in [0.717, 1.165) is 25.0 Å². The van der Waals surface area contributed by atoms with Gasteiger partial charge in [-0.1, -0.05) is 12.1 Å². The van der Waals surface area contributed by atoms with Crippen LogP contribution in [0.3, 0.4) is 0 Å². The summed E-state index contributed by atoms with van der Waals surface area (Å²) in [4.78, 5) is 11.9. The Morgan fingerprint density at radius 3 is 2.61 bits per heavy atom. The highest BCUT2D eigenvalue weighted by atomic mass is 35.5. The third-order valence-electron chi connectivity index (χ3n) is 3.20. The predicted molar refractivity (Wildman–Crippen MR) is 71.9 cm³/mol. The van der Waals surface area contributed by atoms with E-state index in [1.165, 1.54) is 0 Å². The summed E-state index contributed by atoms with van der Waals surface area (Å²) in [6, 6.07) is 7.64. The van der Waals surface area contributed by atoms with Gasteiger partial charge in [0.25, 0.3) is 5.91 Å². The fourth-order valence-corrected chi connectivity index (χ4v) is 2.25. The smallest absolute Gasteiger partial charge is 0.251 e. The fourth-order valence-electron chi connectivity index (χ4n) is 2.07. The van der Waals surface area contributed by atoms with Gasteiger partial charge < -0.3 is 10.1 Å². The third-order valence-corrected chi connectivity index (χ3v) is 3.51. The molecule has 98 valence electrons. The van der Waals surface area contributed by atoms with Crippen LogP contribution in [0.5, 0.6) is 0 Å². The maximum atomic E-state index is 11.9. The van der Waals surface area contributed by atoms with Crippen molar-refractivity contribution in [3.8, 4) is 0 Å². The van der Waals surface area contributed by atoms with Crippen molar-refractivity contribution >= 4 is 17.5 Å². The molecule has 3 nitrogen and oxygen atoms in total. The van der Waals surface area contributed by atoms with Gasteiger partial charge in [-0.3, -0.25) is 4.79 Å². The summed E-state index contributed by atoms with van der Waals surface area (Å²) < 4.78 is 5.46. The lowest BCUT2D eigenvalue weighted by Gasteiger charge is -2.35. The molecule has 0 atom stereocenters. The number of rotatable bonds is 5. The number of nitrogens with one attached hydrogen (secondary N) is 1. The molecule has 1 N–H and O–H groups in total. The van der Waals surface area contributed by atoms with E-state index in [1.807, 2.05) is 31.2 Å². The van der Waals surface area contributed by atoms with Crippen LogP contribution in [-0.4, -0.2) is 24.7 Å². The zero-order valence-electron chi connectivity index (χ0n) is 10.5. The van der Waals surface area contributed by atoms with E-state index in [1.54, 1.807) is 0 Å². The van der Waals surface area contributed by atoms with Crippen molar-refractivity contribution < 1.29 is 9.53 Å². The van der Waals surface area contributed by atoms with Gasteiger partial charge >= 0.3 is 0 Å². The SMILES string of the molecule is CCOC1CC(NC(=O)c2ccc(CCl)cc2)C1. The van der Waals surface area contributed by atoms with Crippen LogP contribution in [0, 0.1) is 0 Å². The first-order valence-electron chi connectivity index (χ1n) is 6.30. The van der Waals surface area contributed by atoms with Gasteiger partial charge in [-0.2, -0.15) is 0 Å². The number of hydrogen-bond donors (Lipinski definition) is 1. The molecule has 0 aromatic heterocycles. The Labute approximate surface area is 112 Å². The maximum absolute atomic E-state index is 11.9. The van der Waals surface area contributed by atoms with Crippen LogP contribution in [0.4, 0.5) is 0 Å². The van der Waals surface area contributed by atoms with E-state index >= 15 is 0 Å². The van der Waals surface area contributed by atoms with Crippen molar-refractivity contribution in [2.75, 3.05) is 6.61 Å². The van der Waals surface area contributed by atoms with Gasteiger partial charge in [-0.25, -0.2) is 0 Å². The molecule has 0 unspecified atom stereocenters. The second kappa shape index (κ2) is 6.21. The van der Waals surface area contributed by atoms with Gasteiger partial charge in [0.2, 0.25) is 0 Å². The van der Waals surface area contributed by atoms with Crippen LogP contribution in [-0.2, 0) is 10.6 Å². The minimum absolute atomic E-state index is 0.0175. The second-order valence-electron chi connectivity index (χ2n) is 4.55. The molecule has 0 heterocycles. The van der Waals surface area contributed by atoms with Crippen LogP contribution < -0.4 is 5.32 Å². The molecule has 1 fully saturated rings. The lowest BCUT2D eigenvalue weighted by molar-refractivity contribution is -0.00862. The second-order valence-corrected chi connectivity index (χ2v) is 4.82. The highest BCUT2D eigenvalue weighted by Crippen LogP contribution is 2.23. The number of carbonyl (C=O) groups excluding carboxylic acids is 1. The van der Waals surface area contributed by atoms with Gasteiger partial charge in [0.1, 0.15) is 0 Å². The van der Waals surface area contributed by atoms with E-state index < -0.39 is 0 Å². The van der Waals surface area contributed by atoms with Gasteiger partial charge in [-0.15, -0.1) is 11.6 Å². The Bertz CT molecular complexity index is 399. The zero-order chi connectivity index (χ0) is 13.0. The van der Waals surface area contributed by atoms with Crippen LogP contribution in [0.2, 0.25) is 0 Å². The summed E-state index contributed by atoms with van der Waals surface area (Å²) in [5, 5.41) is 3.01. The minimum Gasteiger partial charge on any atom is -0.378 e. The summed E-state index contributed by atoms with van der Waals surface area (Å²) in [6.45, 7) is 2.73. The van der Waals surface area contributed by atoms with Crippen molar-refractivity contribution in [1.82, 2.24) is 5.32 Å². The Morgan fingerprint density at radius 2 is 2.06 bits per heavy atom. The zero-order valence-corrected chi connectivity index (χ0v) is 11.2.